The van der Waals surface area contributed by atoms with E-state index in [2.05, 4.69) is 10.5 Å². The Bertz CT molecular complexity index is 1590. The Kier molecular flexibility index (Phi) is 3.77. The van der Waals surface area contributed by atoms with Crippen LogP contribution >= 0.6 is 0 Å². The van der Waals surface area contributed by atoms with Gasteiger partial charge in [0, 0.05) is 21.9 Å². The summed E-state index contributed by atoms with van der Waals surface area (Å²) in [7, 11) is 0. The monoisotopic (exact) mass is 399 g/mol. The fraction of sp³-hybridized carbons (Fsp3) is 0. The number of hydrogen-bond donors (Lipinski definition) is 0. The molecule has 6 rings (SSSR count). The van der Waals surface area contributed by atoms with E-state index in [0.29, 0.717) is 22.3 Å². The zero-order valence-corrected chi connectivity index (χ0v) is 16.6. The summed E-state index contributed by atoms with van der Waals surface area (Å²) in [6, 6.07) is 32.3. The van der Waals surface area contributed by atoms with Crippen molar-refractivity contribution in [2.24, 2.45) is 0 Å². The van der Waals surface area contributed by atoms with Gasteiger partial charge in [-0.2, -0.15) is 0 Å². The van der Waals surface area contributed by atoms with Gasteiger partial charge in [-0.25, -0.2) is 0 Å². The van der Waals surface area contributed by atoms with Crippen molar-refractivity contribution in [1.29, 1.82) is 0 Å². The number of ketones is 2. The molecule has 0 spiro atoms. The van der Waals surface area contributed by atoms with Crippen molar-refractivity contribution in [3.8, 4) is 0 Å². The third kappa shape index (κ3) is 2.47. The molecule has 3 aromatic heterocycles. The Morgan fingerprint density at radius 2 is 1.00 bits per heavy atom. The number of aromatic nitrogens is 1. The fourth-order valence-electron chi connectivity index (χ4n) is 4.60. The van der Waals surface area contributed by atoms with Crippen LogP contribution in [-0.2, 0) is 0 Å². The molecular weight excluding hydrogens is 382 g/mol. The van der Waals surface area contributed by atoms with E-state index in [-0.39, 0.29) is 11.6 Å². The van der Waals surface area contributed by atoms with Crippen molar-refractivity contribution in [1.82, 2.24) is 4.40 Å². The molecule has 0 fully saturated rings. The maximum absolute atomic E-state index is 13.8. The van der Waals surface area contributed by atoms with Crippen molar-refractivity contribution >= 4 is 38.9 Å². The summed E-state index contributed by atoms with van der Waals surface area (Å²) in [4.78, 5) is 27.5. The molecule has 3 heteroatoms. The standard InChI is InChI=1S/C28H17NO2/c30-27(18-10-3-1-4-11-18)24-23-17-9-16-22-20-14-7-8-15-21(20)26(29(22)23)25(24)28(31)19-12-5-2-6-13-19/h1-17H. The maximum atomic E-state index is 13.8. The highest BCUT2D eigenvalue weighted by Gasteiger charge is 2.30. The van der Waals surface area contributed by atoms with Gasteiger partial charge in [0.1, 0.15) is 0 Å². The third-order valence-corrected chi connectivity index (χ3v) is 5.94. The first kappa shape index (κ1) is 17.6. The van der Waals surface area contributed by atoms with Crippen LogP contribution in [0.25, 0.3) is 27.3 Å². The lowest BCUT2D eigenvalue weighted by Gasteiger charge is -2.06. The first-order valence-corrected chi connectivity index (χ1v) is 10.2. The topological polar surface area (TPSA) is 38.5 Å². The molecule has 0 bridgehead atoms. The van der Waals surface area contributed by atoms with Crippen LogP contribution in [0, 0.1) is 0 Å². The number of rotatable bonds is 4. The molecule has 31 heavy (non-hydrogen) atoms. The van der Waals surface area contributed by atoms with Crippen LogP contribution in [0.15, 0.2) is 103 Å². The lowest BCUT2D eigenvalue weighted by molar-refractivity contribution is 0.101. The van der Waals surface area contributed by atoms with Crippen molar-refractivity contribution in [3.63, 3.8) is 0 Å². The minimum atomic E-state index is -0.139. The number of pyridine rings is 1. The SMILES string of the molecule is O=C(c1ccccc1)c1c(C(=O)c2ccccc2)c2c3ccccc3c3cccc1n32. The molecule has 0 unspecified atom stereocenters. The van der Waals surface area contributed by atoms with E-state index < -0.39 is 0 Å². The van der Waals surface area contributed by atoms with Crippen LogP contribution in [0.4, 0.5) is 0 Å². The van der Waals surface area contributed by atoms with Gasteiger partial charge < -0.3 is 4.40 Å². The highest BCUT2D eigenvalue weighted by atomic mass is 16.1. The predicted octanol–water partition coefficient (Wildman–Crippen LogP) is 6.15. The van der Waals surface area contributed by atoms with E-state index in [1.54, 1.807) is 24.3 Å². The summed E-state index contributed by atoms with van der Waals surface area (Å²) in [6.07, 6.45) is 0. The molecule has 3 nitrogen and oxygen atoms in total. The molecule has 0 aliphatic heterocycles. The molecule has 0 N–H and O–H groups in total. The lowest BCUT2D eigenvalue weighted by atomic mass is 9.93. The molecule has 6 aromatic rings. The second-order valence-electron chi connectivity index (χ2n) is 7.67. The van der Waals surface area contributed by atoms with Gasteiger partial charge in [-0.05, 0) is 12.1 Å². The number of benzene rings is 3. The van der Waals surface area contributed by atoms with E-state index in [1.807, 2.05) is 72.8 Å². The zero-order valence-electron chi connectivity index (χ0n) is 16.6. The highest BCUT2D eigenvalue weighted by Crippen LogP contribution is 2.39. The van der Waals surface area contributed by atoms with Crippen LogP contribution in [-0.4, -0.2) is 16.0 Å². The van der Waals surface area contributed by atoms with Crippen molar-refractivity contribution < 1.29 is 9.59 Å². The first-order valence-electron chi connectivity index (χ1n) is 10.2. The Morgan fingerprint density at radius 3 is 1.65 bits per heavy atom. The highest BCUT2D eigenvalue weighted by molar-refractivity contribution is 6.30. The van der Waals surface area contributed by atoms with Gasteiger partial charge in [-0.15, -0.1) is 0 Å². The Balaban J connectivity index is 1.78. The molecule has 146 valence electrons. The van der Waals surface area contributed by atoms with Gasteiger partial charge in [0.05, 0.1) is 27.7 Å². The van der Waals surface area contributed by atoms with Crippen LogP contribution in [0.1, 0.15) is 31.8 Å². The van der Waals surface area contributed by atoms with Gasteiger partial charge in [-0.1, -0.05) is 91.0 Å². The van der Waals surface area contributed by atoms with Gasteiger partial charge in [0.2, 0.25) is 0 Å². The van der Waals surface area contributed by atoms with E-state index in [1.165, 1.54) is 0 Å². The third-order valence-electron chi connectivity index (χ3n) is 5.94. The van der Waals surface area contributed by atoms with Crippen molar-refractivity contribution in [2.45, 2.75) is 0 Å². The largest absolute Gasteiger partial charge is 0.308 e. The summed E-state index contributed by atoms with van der Waals surface area (Å²) < 4.78 is 2.07. The quantitative estimate of drug-likeness (QED) is 0.334. The molecule has 0 radical (unpaired) electrons. The summed E-state index contributed by atoms with van der Waals surface area (Å²) >= 11 is 0. The molecular formula is C28H17NO2. The Labute approximate surface area is 178 Å². The van der Waals surface area contributed by atoms with Crippen molar-refractivity contribution in [2.75, 3.05) is 0 Å². The van der Waals surface area contributed by atoms with Crippen molar-refractivity contribution in [3.05, 3.63) is 125 Å². The summed E-state index contributed by atoms with van der Waals surface area (Å²) in [5.74, 6) is -0.276. The summed E-state index contributed by atoms with van der Waals surface area (Å²) in [6.45, 7) is 0. The lowest BCUT2D eigenvalue weighted by Crippen LogP contribution is -2.09. The van der Waals surface area contributed by atoms with E-state index in [9.17, 15) is 9.59 Å². The van der Waals surface area contributed by atoms with Gasteiger partial charge in [-0.3, -0.25) is 9.59 Å². The molecule has 0 amide bonds. The van der Waals surface area contributed by atoms with Crippen LogP contribution in [0.5, 0.6) is 0 Å². The normalized spacial score (nSPS) is 11.5. The van der Waals surface area contributed by atoms with E-state index in [0.717, 1.165) is 27.3 Å². The number of carbonyl (C=O) groups excluding carboxylic acids is 2. The Hall–Kier alpha value is -4.24. The predicted molar refractivity (Wildman–Crippen MR) is 123 cm³/mol. The molecule has 0 aliphatic carbocycles. The van der Waals surface area contributed by atoms with E-state index in [4.69, 9.17) is 0 Å². The summed E-state index contributed by atoms with van der Waals surface area (Å²) in [5, 5.41) is 2.05. The summed E-state index contributed by atoms with van der Waals surface area (Å²) in [5.41, 5.74) is 4.64. The molecule has 0 saturated carbocycles. The minimum Gasteiger partial charge on any atom is -0.308 e. The minimum absolute atomic E-state index is 0.138. The first-order chi connectivity index (χ1) is 15.3. The van der Waals surface area contributed by atoms with Crippen LogP contribution in [0.3, 0.4) is 0 Å². The zero-order chi connectivity index (χ0) is 20.9. The maximum Gasteiger partial charge on any atom is 0.195 e. The van der Waals surface area contributed by atoms with Gasteiger partial charge in [0.25, 0.3) is 0 Å². The molecule has 0 atom stereocenters. The van der Waals surface area contributed by atoms with Gasteiger partial charge >= 0.3 is 0 Å². The smallest absolute Gasteiger partial charge is 0.195 e. The van der Waals surface area contributed by atoms with Crippen LogP contribution in [0.2, 0.25) is 0 Å². The average Bonchev–Trinajstić information content (AvgIpc) is 3.36. The number of nitrogens with zero attached hydrogens (tertiary/aromatic N) is 1. The number of hydrogen-bond acceptors (Lipinski definition) is 2. The van der Waals surface area contributed by atoms with Gasteiger partial charge in [0.15, 0.2) is 11.6 Å². The van der Waals surface area contributed by atoms with Crippen LogP contribution < -0.4 is 0 Å². The number of fused-ring (bicyclic) bond motifs is 3. The molecule has 0 saturated heterocycles. The fourth-order valence-corrected chi connectivity index (χ4v) is 4.60. The second kappa shape index (κ2) is 6.64. The Morgan fingerprint density at radius 1 is 0.484 bits per heavy atom. The number of carbonyl (C=O) groups is 2. The average molecular weight is 399 g/mol. The second-order valence-corrected chi connectivity index (χ2v) is 7.67. The molecule has 0 aliphatic rings. The van der Waals surface area contributed by atoms with E-state index >= 15 is 0 Å². The molecule has 3 aromatic carbocycles. The molecule has 3 heterocycles.